The Morgan fingerprint density at radius 1 is 1.29 bits per heavy atom. The van der Waals surface area contributed by atoms with Crippen molar-refractivity contribution < 1.29 is 14.7 Å². The van der Waals surface area contributed by atoms with E-state index in [0.29, 0.717) is 6.54 Å². The lowest BCUT2D eigenvalue weighted by atomic mass is 10.1. The summed E-state index contributed by atoms with van der Waals surface area (Å²) in [4.78, 5) is 24.6. The Labute approximate surface area is 125 Å². The van der Waals surface area contributed by atoms with Crippen LogP contribution in [-0.2, 0) is 16.0 Å². The van der Waals surface area contributed by atoms with Crippen LogP contribution in [0.25, 0.3) is 0 Å². The molecule has 5 heteroatoms. The Balaban J connectivity index is 1.77. The molecule has 1 amide bonds. The number of hydrogen-bond acceptors (Lipinski definition) is 3. The van der Waals surface area contributed by atoms with Crippen molar-refractivity contribution in [2.45, 2.75) is 31.7 Å². The zero-order valence-corrected chi connectivity index (χ0v) is 12.1. The Hall–Kier alpha value is -1.88. The topological polar surface area (TPSA) is 69.6 Å². The number of amides is 1. The minimum atomic E-state index is -0.925. The molecule has 21 heavy (non-hydrogen) atoms. The van der Waals surface area contributed by atoms with E-state index in [4.69, 9.17) is 5.11 Å². The third-order valence-electron chi connectivity index (χ3n) is 3.81. The lowest BCUT2D eigenvalue weighted by Crippen LogP contribution is -2.56. The van der Waals surface area contributed by atoms with Gasteiger partial charge >= 0.3 is 5.97 Å². The van der Waals surface area contributed by atoms with Crippen molar-refractivity contribution in [2.24, 2.45) is 0 Å². The zero-order chi connectivity index (χ0) is 15.1. The van der Waals surface area contributed by atoms with E-state index in [1.807, 2.05) is 23.1 Å². The van der Waals surface area contributed by atoms with Crippen molar-refractivity contribution in [1.82, 2.24) is 10.2 Å². The number of carboxylic acids is 1. The molecule has 0 radical (unpaired) electrons. The number of unbranched alkanes of at least 4 members (excludes halogenated alkanes) is 1. The fourth-order valence-electron chi connectivity index (χ4n) is 2.71. The molecule has 1 aliphatic heterocycles. The third-order valence-corrected chi connectivity index (χ3v) is 3.81. The summed E-state index contributed by atoms with van der Waals surface area (Å²) in [5.74, 6) is -1.09. The second-order valence-electron chi connectivity index (χ2n) is 5.38. The van der Waals surface area contributed by atoms with Crippen LogP contribution in [0.15, 0.2) is 30.3 Å². The van der Waals surface area contributed by atoms with Crippen LogP contribution >= 0.6 is 0 Å². The molecule has 1 heterocycles. The van der Waals surface area contributed by atoms with Crippen LogP contribution in [0.1, 0.15) is 24.8 Å². The van der Waals surface area contributed by atoms with E-state index in [9.17, 15) is 9.59 Å². The van der Waals surface area contributed by atoms with Crippen molar-refractivity contribution in [2.75, 3.05) is 19.6 Å². The summed E-state index contributed by atoms with van der Waals surface area (Å²) in [6, 6.07) is 9.78. The molecule has 1 fully saturated rings. The molecule has 1 aliphatic rings. The Kier molecular flexibility index (Phi) is 5.75. The molecule has 1 atom stereocenters. The fraction of sp³-hybridized carbons (Fsp3) is 0.500. The van der Waals surface area contributed by atoms with Crippen LogP contribution in [0.4, 0.5) is 0 Å². The average Bonchev–Trinajstić information content (AvgIpc) is 2.47. The van der Waals surface area contributed by atoms with E-state index >= 15 is 0 Å². The zero-order valence-electron chi connectivity index (χ0n) is 12.1. The van der Waals surface area contributed by atoms with E-state index in [0.717, 1.165) is 32.4 Å². The number of carbonyl (C=O) groups excluding carboxylic acids is 1. The molecule has 2 N–H and O–H groups in total. The minimum Gasteiger partial charge on any atom is -0.481 e. The number of aryl methyl sites for hydroxylation is 1. The quantitative estimate of drug-likeness (QED) is 0.742. The Bertz CT molecular complexity index is 476. The summed E-state index contributed by atoms with van der Waals surface area (Å²) in [7, 11) is 0. The van der Waals surface area contributed by atoms with Gasteiger partial charge < -0.3 is 10.4 Å². The summed E-state index contributed by atoms with van der Waals surface area (Å²) >= 11 is 0. The van der Waals surface area contributed by atoms with Gasteiger partial charge in [0, 0.05) is 13.1 Å². The molecular formula is C16H22N2O3. The molecule has 0 spiro atoms. The average molecular weight is 290 g/mol. The van der Waals surface area contributed by atoms with E-state index in [2.05, 4.69) is 17.4 Å². The summed E-state index contributed by atoms with van der Waals surface area (Å²) in [6.45, 7) is 2.11. The van der Waals surface area contributed by atoms with Gasteiger partial charge in [0.05, 0.1) is 12.5 Å². The largest absolute Gasteiger partial charge is 0.481 e. The summed E-state index contributed by atoms with van der Waals surface area (Å²) in [6.07, 6.45) is 2.91. The van der Waals surface area contributed by atoms with Gasteiger partial charge in [-0.2, -0.15) is 0 Å². The van der Waals surface area contributed by atoms with E-state index in [1.54, 1.807) is 0 Å². The van der Waals surface area contributed by atoms with Crippen molar-refractivity contribution in [3.8, 4) is 0 Å². The van der Waals surface area contributed by atoms with Crippen LogP contribution < -0.4 is 5.32 Å². The van der Waals surface area contributed by atoms with Crippen LogP contribution in [0.5, 0.6) is 0 Å². The van der Waals surface area contributed by atoms with E-state index in [1.165, 1.54) is 5.56 Å². The molecule has 1 saturated heterocycles. The maximum Gasteiger partial charge on any atom is 0.305 e. The van der Waals surface area contributed by atoms with Crippen molar-refractivity contribution in [1.29, 1.82) is 0 Å². The number of piperazine rings is 1. The van der Waals surface area contributed by atoms with Crippen LogP contribution in [0.3, 0.4) is 0 Å². The van der Waals surface area contributed by atoms with Gasteiger partial charge in [0.25, 0.3) is 0 Å². The van der Waals surface area contributed by atoms with Gasteiger partial charge in [0.1, 0.15) is 0 Å². The molecule has 1 unspecified atom stereocenters. The predicted octanol–water partition coefficient (Wildman–Crippen LogP) is 1.28. The molecule has 0 aromatic heterocycles. The lowest BCUT2D eigenvalue weighted by Gasteiger charge is -2.34. The first kappa shape index (κ1) is 15.5. The molecular weight excluding hydrogens is 268 g/mol. The molecule has 114 valence electrons. The first-order valence-electron chi connectivity index (χ1n) is 7.44. The van der Waals surface area contributed by atoms with Crippen molar-refractivity contribution in [3.63, 3.8) is 0 Å². The van der Waals surface area contributed by atoms with Crippen LogP contribution in [0.2, 0.25) is 0 Å². The number of nitrogens with zero attached hydrogens (tertiary/aromatic N) is 1. The van der Waals surface area contributed by atoms with Crippen LogP contribution in [0, 0.1) is 0 Å². The van der Waals surface area contributed by atoms with Gasteiger partial charge in [0.15, 0.2) is 0 Å². The first-order chi connectivity index (χ1) is 10.2. The van der Waals surface area contributed by atoms with Gasteiger partial charge in [0.2, 0.25) is 5.91 Å². The number of rotatable bonds is 7. The van der Waals surface area contributed by atoms with Gasteiger partial charge in [-0.1, -0.05) is 30.3 Å². The molecule has 0 aliphatic carbocycles. The maximum absolute atomic E-state index is 11.8. The number of benzene rings is 1. The number of aliphatic carboxylic acids is 1. The molecule has 0 saturated carbocycles. The molecule has 2 rings (SSSR count). The second kappa shape index (κ2) is 7.78. The lowest BCUT2D eigenvalue weighted by molar-refractivity contribution is -0.143. The molecule has 0 bridgehead atoms. The van der Waals surface area contributed by atoms with Gasteiger partial charge in [-0.05, 0) is 31.4 Å². The first-order valence-corrected chi connectivity index (χ1v) is 7.44. The monoisotopic (exact) mass is 290 g/mol. The second-order valence-corrected chi connectivity index (χ2v) is 5.38. The fourth-order valence-corrected chi connectivity index (χ4v) is 2.71. The van der Waals surface area contributed by atoms with Gasteiger partial charge in [-0.25, -0.2) is 0 Å². The number of carbonyl (C=O) groups is 2. The third kappa shape index (κ3) is 4.86. The number of nitrogens with one attached hydrogen (secondary N) is 1. The number of carboxylic acid groups (broad SMARTS) is 1. The standard InChI is InChI=1S/C16H22N2O3/c19-15(20)12-14-16(21)17-9-11-18(14)10-5-4-8-13-6-2-1-3-7-13/h1-3,6-7,14H,4-5,8-12H2,(H,17,21)(H,19,20). The normalized spacial score (nSPS) is 19.2. The van der Waals surface area contributed by atoms with E-state index in [-0.39, 0.29) is 12.3 Å². The maximum atomic E-state index is 11.8. The summed E-state index contributed by atoms with van der Waals surface area (Å²) in [5.41, 5.74) is 1.32. The molecule has 5 nitrogen and oxygen atoms in total. The van der Waals surface area contributed by atoms with Gasteiger partial charge in [-0.3, -0.25) is 14.5 Å². The van der Waals surface area contributed by atoms with Crippen molar-refractivity contribution in [3.05, 3.63) is 35.9 Å². The summed E-state index contributed by atoms with van der Waals surface area (Å²) < 4.78 is 0. The van der Waals surface area contributed by atoms with E-state index < -0.39 is 12.0 Å². The van der Waals surface area contributed by atoms with Crippen molar-refractivity contribution >= 4 is 11.9 Å². The Morgan fingerprint density at radius 3 is 2.76 bits per heavy atom. The molecule has 1 aromatic carbocycles. The van der Waals surface area contributed by atoms with Gasteiger partial charge in [-0.15, -0.1) is 0 Å². The highest BCUT2D eigenvalue weighted by atomic mass is 16.4. The number of hydrogen-bond donors (Lipinski definition) is 2. The van der Waals surface area contributed by atoms with Crippen LogP contribution in [-0.4, -0.2) is 47.6 Å². The highest BCUT2D eigenvalue weighted by Gasteiger charge is 2.30. The Morgan fingerprint density at radius 2 is 2.05 bits per heavy atom. The highest BCUT2D eigenvalue weighted by Crippen LogP contribution is 2.11. The minimum absolute atomic E-state index is 0.121. The smallest absolute Gasteiger partial charge is 0.305 e. The predicted molar refractivity (Wildman–Crippen MR) is 80.0 cm³/mol. The summed E-state index contributed by atoms with van der Waals surface area (Å²) in [5, 5.41) is 11.7. The highest BCUT2D eigenvalue weighted by molar-refractivity contribution is 5.86. The molecule has 1 aromatic rings. The SMILES string of the molecule is O=C(O)CC1C(=O)NCCN1CCCCc1ccccc1.